The normalized spacial score (nSPS) is 10.3. The second kappa shape index (κ2) is 5.37. The smallest absolute Gasteiger partial charge is 0.343 e. The van der Waals surface area contributed by atoms with Crippen molar-refractivity contribution in [3.8, 4) is 17.7 Å². The Labute approximate surface area is 118 Å². The van der Waals surface area contributed by atoms with Crippen LogP contribution in [-0.2, 0) is 0 Å². The first-order valence-electron chi connectivity index (χ1n) is 5.92. The number of benzene rings is 1. The van der Waals surface area contributed by atoms with Crippen molar-refractivity contribution in [3.05, 3.63) is 54.6 Å². The third-order valence-corrected chi connectivity index (χ3v) is 2.55. The van der Waals surface area contributed by atoms with Crippen LogP contribution in [0.25, 0.3) is 5.69 Å². The zero-order valence-corrected chi connectivity index (χ0v) is 10.6. The molecular weight excluding hydrogens is 274 g/mol. The van der Waals surface area contributed by atoms with Crippen molar-refractivity contribution in [2.45, 2.75) is 0 Å². The predicted molar refractivity (Wildman–Crippen MR) is 70.4 cm³/mol. The molecule has 0 unspecified atom stereocenters. The lowest BCUT2D eigenvalue weighted by Crippen LogP contribution is -2.00. The van der Waals surface area contributed by atoms with Crippen molar-refractivity contribution in [3.63, 3.8) is 0 Å². The Kier molecular flexibility index (Phi) is 3.26. The summed E-state index contributed by atoms with van der Waals surface area (Å²) >= 11 is 0. The summed E-state index contributed by atoms with van der Waals surface area (Å²) in [4.78, 5) is 22.2. The van der Waals surface area contributed by atoms with Crippen molar-refractivity contribution in [2.75, 3.05) is 0 Å². The molecule has 21 heavy (non-hydrogen) atoms. The predicted octanol–water partition coefficient (Wildman–Crippen LogP) is 1.55. The van der Waals surface area contributed by atoms with Gasteiger partial charge in [0.15, 0.2) is 0 Å². The van der Waals surface area contributed by atoms with Gasteiger partial charge in [0.2, 0.25) is 0 Å². The number of hydrogen-bond acceptors (Lipinski definition) is 6. The van der Waals surface area contributed by atoms with Gasteiger partial charge in [0, 0.05) is 12.4 Å². The van der Waals surface area contributed by atoms with Gasteiger partial charge in [0.25, 0.3) is 0 Å². The number of carboxylic acids is 1. The molecule has 104 valence electrons. The van der Waals surface area contributed by atoms with E-state index in [-0.39, 0.29) is 17.6 Å². The number of carbonyl (C=O) groups is 1. The standard InChI is InChI=1S/C13H9N5O3/c19-11(20)9-6-14-12(15-7-9)21-13-16-8-18(17-13)10-4-2-1-3-5-10/h1-8H,(H,19,20). The van der Waals surface area contributed by atoms with Gasteiger partial charge in [-0.05, 0) is 12.1 Å². The van der Waals surface area contributed by atoms with E-state index < -0.39 is 5.97 Å². The first-order valence-corrected chi connectivity index (χ1v) is 5.92. The number of aromatic nitrogens is 5. The monoisotopic (exact) mass is 283 g/mol. The quantitative estimate of drug-likeness (QED) is 0.774. The number of para-hydroxylation sites is 1. The highest BCUT2D eigenvalue weighted by Crippen LogP contribution is 2.13. The van der Waals surface area contributed by atoms with Gasteiger partial charge in [-0.3, -0.25) is 0 Å². The Bertz CT molecular complexity index is 755. The molecule has 0 saturated heterocycles. The van der Waals surface area contributed by atoms with Crippen LogP contribution in [0.5, 0.6) is 12.0 Å². The lowest BCUT2D eigenvalue weighted by molar-refractivity contribution is 0.0696. The van der Waals surface area contributed by atoms with Gasteiger partial charge in [-0.15, -0.1) is 5.10 Å². The number of ether oxygens (including phenoxy) is 1. The van der Waals surface area contributed by atoms with Gasteiger partial charge >= 0.3 is 18.0 Å². The van der Waals surface area contributed by atoms with E-state index in [1.165, 1.54) is 6.33 Å². The molecule has 0 aliphatic rings. The van der Waals surface area contributed by atoms with E-state index in [4.69, 9.17) is 9.84 Å². The SMILES string of the molecule is O=C(O)c1cnc(Oc2ncn(-c3ccccc3)n2)nc1. The number of aromatic carboxylic acids is 1. The van der Waals surface area contributed by atoms with Gasteiger partial charge in [-0.1, -0.05) is 18.2 Å². The Morgan fingerprint density at radius 2 is 1.76 bits per heavy atom. The van der Waals surface area contributed by atoms with Crippen LogP contribution in [0.15, 0.2) is 49.1 Å². The molecule has 0 spiro atoms. The molecule has 2 aromatic heterocycles. The van der Waals surface area contributed by atoms with E-state index in [2.05, 4.69) is 20.1 Å². The highest BCUT2D eigenvalue weighted by Gasteiger charge is 2.09. The van der Waals surface area contributed by atoms with Gasteiger partial charge < -0.3 is 9.84 Å². The van der Waals surface area contributed by atoms with Gasteiger partial charge in [0.1, 0.15) is 6.33 Å². The van der Waals surface area contributed by atoms with Gasteiger partial charge in [-0.25, -0.2) is 19.4 Å². The minimum atomic E-state index is -1.10. The van der Waals surface area contributed by atoms with Gasteiger partial charge in [-0.2, -0.15) is 4.98 Å². The minimum absolute atomic E-state index is 0.0224. The zero-order chi connectivity index (χ0) is 14.7. The number of rotatable bonds is 4. The molecule has 8 heteroatoms. The van der Waals surface area contributed by atoms with E-state index in [0.717, 1.165) is 18.1 Å². The van der Waals surface area contributed by atoms with Crippen LogP contribution in [0.2, 0.25) is 0 Å². The van der Waals surface area contributed by atoms with Crippen molar-refractivity contribution in [2.24, 2.45) is 0 Å². The van der Waals surface area contributed by atoms with E-state index >= 15 is 0 Å². The highest BCUT2D eigenvalue weighted by atomic mass is 16.5. The van der Waals surface area contributed by atoms with Gasteiger partial charge in [0.05, 0.1) is 11.3 Å². The summed E-state index contributed by atoms with van der Waals surface area (Å²) < 4.78 is 6.80. The summed E-state index contributed by atoms with van der Waals surface area (Å²) in [6.45, 7) is 0. The summed E-state index contributed by atoms with van der Waals surface area (Å²) in [6.07, 6.45) is 3.80. The Hall–Kier alpha value is -3.29. The van der Waals surface area contributed by atoms with Crippen molar-refractivity contribution >= 4 is 5.97 Å². The maximum atomic E-state index is 10.7. The van der Waals surface area contributed by atoms with E-state index in [1.54, 1.807) is 4.68 Å². The topological polar surface area (TPSA) is 103 Å². The second-order valence-electron chi connectivity index (χ2n) is 3.97. The molecule has 0 atom stereocenters. The van der Waals surface area contributed by atoms with Crippen LogP contribution in [0.4, 0.5) is 0 Å². The Morgan fingerprint density at radius 1 is 1.05 bits per heavy atom. The average Bonchev–Trinajstić information content (AvgIpc) is 2.97. The van der Waals surface area contributed by atoms with Crippen LogP contribution < -0.4 is 4.74 Å². The molecule has 0 aliphatic heterocycles. The number of nitrogens with zero attached hydrogens (tertiary/aromatic N) is 5. The molecule has 0 bridgehead atoms. The largest absolute Gasteiger partial charge is 0.478 e. The van der Waals surface area contributed by atoms with Crippen LogP contribution in [0.1, 0.15) is 10.4 Å². The molecule has 0 fully saturated rings. The summed E-state index contributed by atoms with van der Waals surface area (Å²) in [5.41, 5.74) is 0.812. The zero-order valence-electron chi connectivity index (χ0n) is 10.6. The Morgan fingerprint density at radius 3 is 2.43 bits per heavy atom. The summed E-state index contributed by atoms with van der Waals surface area (Å²) in [5.74, 6) is -1.10. The molecule has 0 aliphatic carbocycles. The van der Waals surface area contributed by atoms with E-state index in [9.17, 15) is 4.79 Å². The third-order valence-electron chi connectivity index (χ3n) is 2.55. The second-order valence-corrected chi connectivity index (χ2v) is 3.97. The first kappa shape index (κ1) is 12.7. The molecular formula is C13H9N5O3. The molecule has 8 nitrogen and oxygen atoms in total. The van der Waals surface area contributed by atoms with Crippen LogP contribution in [0.3, 0.4) is 0 Å². The third kappa shape index (κ3) is 2.84. The minimum Gasteiger partial charge on any atom is -0.478 e. The molecule has 3 aromatic rings. The maximum absolute atomic E-state index is 10.7. The van der Waals surface area contributed by atoms with Crippen molar-refractivity contribution in [1.29, 1.82) is 0 Å². The highest BCUT2D eigenvalue weighted by molar-refractivity contribution is 5.86. The Balaban J connectivity index is 1.77. The fourth-order valence-electron chi connectivity index (χ4n) is 1.56. The fourth-order valence-corrected chi connectivity index (χ4v) is 1.56. The molecule has 1 aromatic carbocycles. The lowest BCUT2D eigenvalue weighted by atomic mass is 10.3. The van der Waals surface area contributed by atoms with E-state index in [0.29, 0.717) is 0 Å². The number of hydrogen-bond donors (Lipinski definition) is 1. The van der Waals surface area contributed by atoms with Crippen molar-refractivity contribution < 1.29 is 14.6 Å². The molecule has 1 N–H and O–H groups in total. The van der Waals surface area contributed by atoms with Crippen LogP contribution in [0, 0.1) is 0 Å². The van der Waals surface area contributed by atoms with Crippen molar-refractivity contribution in [1.82, 2.24) is 24.7 Å². The lowest BCUT2D eigenvalue weighted by Gasteiger charge is -1.99. The summed E-state index contributed by atoms with van der Waals surface area (Å²) in [7, 11) is 0. The molecule has 3 rings (SSSR count). The first-order chi connectivity index (χ1) is 10.2. The molecule has 0 saturated carbocycles. The van der Waals surface area contributed by atoms with Crippen LogP contribution in [-0.4, -0.2) is 35.8 Å². The molecule has 2 heterocycles. The molecule has 0 amide bonds. The van der Waals surface area contributed by atoms with Crippen LogP contribution >= 0.6 is 0 Å². The average molecular weight is 283 g/mol. The maximum Gasteiger partial charge on any atom is 0.343 e. The molecule has 0 radical (unpaired) electrons. The van der Waals surface area contributed by atoms with E-state index in [1.807, 2.05) is 30.3 Å². The fraction of sp³-hybridized carbons (Fsp3) is 0. The summed E-state index contributed by atoms with van der Waals surface area (Å²) in [6, 6.07) is 9.45. The number of carboxylic acid groups (broad SMARTS) is 1. The summed E-state index contributed by atoms with van der Waals surface area (Å²) in [5, 5.41) is 12.9.